The lowest BCUT2D eigenvalue weighted by molar-refractivity contribution is -0.122. The molecule has 0 aromatic heterocycles. The Labute approximate surface area is 108 Å². The largest absolute Gasteiger partial charge is 0.313 e. The summed E-state index contributed by atoms with van der Waals surface area (Å²) in [5.41, 5.74) is 1.24. The molecule has 2 rings (SSSR count). The van der Waals surface area contributed by atoms with E-state index in [1.54, 1.807) is 11.9 Å². The van der Waals surface area contributed by atoms with Crippen molar-refractivity contribution >= 4 is 34.2 Å². The van der Waals surface area contributed by atoms with Crippen LogP contribution in [0.5, 0.6) is 0 Å². The first kappa shape index (κ1) is 11.4. The third-order valence-electron chi connectivity index (χ3n) is 3.13. The Morgan fingerprint density at radius 3 is 2.88 bits per heavy atom. The van der Waals surface area contributed by atoms with Crippen molar-refractivity contribution in [3.05, 3.63) is 27.3 Å². The van der Waals surface area contributed by atoms with Gasteiger partial charge in [-0.05, 0) is 41.1 Å². The zero-order chi connectivity index (χ0) is 11.9. The Hall–Kier alpha value is -1.09. The van der Waals surface area contributed by atoms with Crippen LogP contribution in [0, 0.1) is 14.9 Å². The molecule has 0 fully saturated rings. The maximum absolute atomic E-state index is 12.2. The van der Waals surface area contributed by atoms with Crippen molar-refractivity contribution in [1.29, 1.82) is 5.26 Å². The lowest BCUT2D eigenvalue weighted by atomic mass is 9.81. The minimum Gasteiger partial charge on any atom is -0.313 e. The van der Waals surface area contributed by atoms with Gasteiger partial charge in [0.15, 0.2) is 0 Å². The lowest BCUT2D eigenvalue weighted by Crippen LogP contribution is -2.35. The molecule has 1 amide bonds. The molecule has 1 unspecified atom stereocenters. The number of carbonyl (C=O) groups is 1. The topological polar surface area (TPSA) is 44.1 Å². The quantitative estimate of drug-likeness (QED) is 0.744. The smallest absolute Gasteiger partial charge is 0.238 e. The minimum atomic E-state index is -0.681. The first-order valence-electron chi connectivity index (χ1n) is 4.96. The number of likely N-dealkylation sites (N-methyl/N-ethyl adjacent to an activating group) is 1. The molecule has 0 saturated carbocycles. The van der Waals surface area contributed by atoms with E-state index in [0.717, 1.165) is 14.8 Å². The Bertz CT molecular complexity index is 506. The summed E-state index contributed by atoms with van der Waals surface area (Å²) in [5.74, 6) is 0.00756. The highest BCUT2D eigenvalue weighted by molar-refractivity contribution is 14.1. The number of hydrogen-bond donors (Lipinski definition) is 0. The monoisotopic (exact) mass is 326 g/mol. The summed E-state index contributed by atoms with van der Waals surface area (Å²) < 4.78 is 1.05. The molecule has 0 bridgehead atoms. The number of halogens is 1. The van der Waals surface area contributed by atoms with Gasteiger partial charge in [0.05, 0.1) is 23.6 Å². The molecule has 3 nitrogen and oxygen atoms in total. The van der Waals surface area contributed by atoms with E-state index in [2.05, 4.69) is 28.7 Å². The van der Waals surface area contributed by atoms with Crippen LogP contribution in [-0.2, 0) is 10.2 Å². The van der Waals surface area contributed by atoms with Gasteiger partial charge in [-0.15, -0.1) is 0 Å². The van der Waals surface area contributed by atoms with E-state index in [-0.39, 0.29) is 12.3 Å². The van der Waals surface area contributed by atoms with Gasteiger partial charge in [0, 0.05) is 10.6 Å². The van der Waals surface area contributed by atoms with Gasteiger partial charge < -0.3 is 4.90 Å². The van der Waals surface area contributed by atoms with Crippen molar-refractivity contribution in [3.63, 3.8) is 0 Å². The summed E-state index contributed by atoms with van der Waals surface area (Å²) in [5, 5.41) is 8.87. The van der Waals surface area contributed by atoms with Crippen molar-refractivity contribution in [2.45, 2.75) is 18.8 Å². The molecular weight excluding hydrogens is 315 g/mol. The van der Waals surface area contributed by atoms with Crippen LogP contribution in [0.3, 0.4) is 0 Å². The fraction of sp³-hybridized carbons (Fsp3) is 0.333. The maximum Gasteiger partial charge on any atom is 0.238 e. The van der Waals surface area contributed by atoms with E-state index in [9.17, 15) is 4.79 Å². The van der Waals surface area contributed by atoms with Crippen molar-refractivity contribution in [1.82, 2.24) is 0 Å². The molecule has 1 aliphatic rings. The molecule has 0 spiro atoms. The van der Waals surface area contributed by atoms with E-state index in [1.807, 2.05) is 25.1 Å². The number of para-hydroxylation sites is 1. The molecule has 0 saturated heterocycles. The second-order valence-corrected chi connectivity index (χ2v) is 5.33. The molecule has 1 aliphatic heterocycles. The second kappa shape index (κ2) is 3.74. The van der Waals surface area contributed by atoms with Gasteiger partial charge in [-0.1, -0.05) is 12.1 Å². The maximum atomic E-state index is 12.2. The van der Waals surface area contributed by atoms with Crippen LogP contribution in [0.2, 0.25) is 0 Å². The summed E-state index contributed by atoms with van der Waals surface area (Å²) in [4.78, 5) is 13.9. The Morgan fingerprint density at radius 2 is 2.25 bits per heavy atom. The number of amides is 1. The molecule has 1 heterocycles. The van der Waals surface area contributed by atoms with Crippen LogP contribution >= 0.6 is 22.6 Å². The second-order valence-electron chi connectivity index (χ2n) is 4.17. The molecule has 82 valence electrons. The van der Waals surface area contributed by atoms with E-state index in [4.69, 9.17) is 5.26 Å². The predicted octanol–water partition coefficient (Wildman–Crippen LogP) is 2.44. The van der Waals surface area contributed by atoms with Gasteiger partial charge in [-0.25, -0.2) is 0 Å². The zero-order valence-electron chi connectivity index (χ0n) is 9.12. The van der Waals surface area contributed by atoms with Gasteiger partial charge in [-0.2, -0.15) is 5.26 Å². The number of fused-ring (bicyclic) bond motifs is 1. The molecule has 1 aromatic rings. The molecule has 0 N–H and O–H groups in total. The number of nitrogens with zero attached hydrogens (tertiary/aromatic N) is 2. The number of anilines is 1. The van der Waals surface area contributed by atoms with Crippen LogP contribution in [0.15, 0.2) is 18.2 Å². The van der Waals surface area contributed by atoms with E-state index in [1.165, 1.54) is 0 Å². The third-order valence-corrected chi connectivity index (χ3v) is 4.00. The summed E-state index contributed by atoms with van der Waals surface area (Å²) in [6, 6.07) is 7.96. The number of benzene rings is 1. The van der Waals surface area contributed by atoms with Crippen molar-refractivity contribution in [2.75, 3.05) is 11.9 Å². The highest BCUT2D eigenvalue weighted by Crippen LogP contribution is 2.44. The molecule has 1 aromatic carbocycles. The number of nitriles is 1. The first-order chi connectivity index (χ1) is 7.52. The fourth-order valence-corrected chi connectivity index (χ4v) is 3.08. The number of hydrogen-bond acceptors (Lipinski definition) is 2. The van der Waals surface area contributed by atoms with Crippen LogP contribution in [-0.4, -0.2) is 13.0 Å². The van der Waals surface area contributed by atoms with Gasteiger partial charge >= 0.3 is 0 Å². The zero-order valence-corrected chi connectivity index (χ0v) is 11.3. The Morgan fingerprint density at radius 1 is 1.56 bits per heavy atom. The summed E-state index contributed by atoms with van der Waals surface area (Å²) in [6.45, 7) is 1.84. The van der Waals surface area contributed by atoms with Crippen molar-refractivity contribution in [3.8, 4) is 6.07 Å². The van der Waals surface area contributed by atoms with Crippen LogP contribution in [0.4, 0.5) is 5.69 Å². The Kier molecular flexibility index (Phi) is 2.66. The van der Waals surface area contributed by atoms with Gasteiger partial charge in [0.1, 0.15) is 0 Å². The van der Waals surface area contributed by atoms with E-state index >= 15 is 0 Å². The SMILES string of the molecule is CN1C(=O)C(C)(CC#N)c2cccc(I)c21. The van der Waals surface area contributed by atoms with Crippen LogP contribution in [0.25, 0.3) is 0 Å². The average molecular weight is 326 g/mol. The van der Waals surface area contributed by atoms with Gasteiger partial charge in [0.2, 0.25) is 5.91 Å². The predicted molar refractivity (Wildman–Crippen MR) is 70.2 cm³/mol. The molecule has 0 aliphatic carbocycles. The highest BCUT2D eigenvalue weighted by atomic mass is 127. The molecule has 4 heteroatoms. The van der Waals surface area contributed by atoms with E-state index < -0.39 is 5.41 Å². The number of carbonyl (C=O) groups excluding carboxylic acids is 1. The average Bonchev–Trinajstić information content (AvgIpc) is 2.43. The van der Waals surface area contributed by atoms with E-state index in [0.29, 0.717) is 0 Å². The van der Waals surface area contributed by atoms with Gasteiger partial charge in [-0.3, -0.25) is 4.79 Å². The summed E-state index contributed by atoms with van der Waals surface area (Å²) in [6.07, 6.45) is 0.225. The minimum absolute atomic E-state index is 0.00756. The molecule has 0 radical (unpaired) electrons. The summed E-state index contributed by atoms with van der Waals surface area (Å²) >= 11 is 2.22. The number of rotatable bonds is 1. The fourth-order valence-electron chi connectivity index (χ4n) is 2.22. The summed E-state index contributed by atoms with van der Waals surface area (Å²) in [7, 11) is 1.77. The van der Waals surface area contributed by atoms with Gasteiger partial charge in [0.25, 0.3) is 0 Å². The standard InChI is InChI=1S/C12H11IN2O/c1-12(6-7-14)8-4-3-5-9(13)10(8)15(2)11(12)16/h3-5H,6H2,1-2H3. The van der Waals surface area contributed by atoms with Crippen molar-refractivity contribution in [2.24, 2.45) is 0 Å². The molecule has 1 atom stereocenters. The lowest BCUT2D eigenvalue weighted by Gasteiger charge is -2.19. The van der Waals surface area contributed by atoms with Crippen molar-refractivity contribution < 1.29 is 4.79 Å². The molecule has 16 heavy (non-hydrogen) atoms. The first-order valence-corrected chi connectivity index (χ1v) is 6.04. The normalized spacial score (nSPS) is 23.1. The highest BCUT2D eigenvalue weighted by Gasteiger charge is 2.46. The Balaban J connectivity index is 2.68. The van der Waals surface area contributed by atoms with Crippen LogP contribution in [0.1, 0.15) is 18.9 Å². The third kappa shape index (κ3) is 1.34. The molecular formula is C12H11IN2O. The van der Waals surface area contributed by atoms with Crippen LogP contribution < -0.4 is 4.90 Å².